The van der Waals surface area contributed by atoms with E-state index >= 15 is 8.78 Å². The van der Waals surface area contributed by atoms with Gasteiger partial charge in [0.2, 0.25) is 0 Å². The molecule has 0 spiro atoms. The Morgan fingerprint density at radius 1 is 0.983 bits per heavy atom. The topological polar surface area (TPSA) is 109 Å². The highest BCUT2D eigenvalue weighted by Crippen LogP contribution is 2.51. The predicted octanol–water partition coefficient (Wildman–Crippen LogP) is 10.9. The first-order valence-corrected chi connectivity index (χ1v) is 20.3. The van der Waals surface area contributed by atoms with Gasteiger partial charge in [-0.05, 0) is 93.7 Å². The van der Waals surface area contributed by atoms with E-state index in [-0.39, 0.29) is 17.2 Å². The van der Waals surface area contributed by atoms with Crippen LogP contribution in [0, 0.1) is 23.7 Å². The predicted molar refractivity (Wildman–Crippen MR) is 228 cm³/mol. The van der Waals surface area contributed by atoms with Crippen molar-refractivity contribution < 1.29 is 41.3 Å². The van der Waals surface area contributed by atoms with Gasteiger partial charge in [0.25, 0.3) is 5.92 Å². The second-order valence-electron chi connectivity index (χ2n) is 15.5. The first kappa shape index (κ1) is 49.6. The van der Waals surface area contributed by atoms with Crippen LogP contribution >= 0.6 is 0 Å². The number of hydrogen-bond acceptors (Lipinski definition) is 8. The third kappa shape index (κ3) is 12.4. The zero-order valence-electron chi connectivity index (χ0n) is 36.4. The van der Waals surface area contributed by atoms with Crippen LogP contribution in [0.4, 0.5) is 27.6 Å². The molecule has 15 heteroatoms. The quantitative estimate of drug-likeness (QED) is 0.0314. The molecule has 1 N–H and O–H groups in total. The summed E-state index contributed by atoms with van der Waals surface area (Å²) in [7, 11) is 6.27. The molecule has 0 bridgehead atoms. The van der Waals surface area contributed by atoms with E-state index in [0.29, 0.717) is 73.3 Å². The minimum Gasteiger partial charge on any atom is -0.504 e. The van der Waals surface area contributed by atoms with Crippen molar-refractivity contribution in [1.82, 2.24) is 9.80 Å². The van der Waals surface area contributed by atoms with E-state index in [0.717, 1.165) is 13.5 Å². The lowest BCUT2D eigenvalue weighted by Gasteiger charge is -2.43. The Bertz CT molecular complexity index is 1840. The van der Waals surface area contributed by atoms with Crippen molar-refractivity contribution in [3.63, 3.8) is 0 Å². The van der Waals surface area contributed by atoms with E-state index in [1.807, 2.05) is 43.8 Å². The van der Waals surface area contributed by atoms with Gasteiger partial charge in [-0.1, -0.05) is 49.2 Å². The fourth-order valence-electron chi connectivity index (χ4n) is 7.52. The summed E-state index contributed by atoms with van der Waals surface area (Å²) in [5.41, 5.74) is -4.15. The Balaban J connectivity index is 1.74. The number of allylic oxidation sites excluding steroid dienone is 2. The highest BCUT2D eigenvalue weighted by Gasteiger charge is 2.60. The molecule has 2 aromatic carbocycles. The number of methoxy groups -OCH3 is 2. The maximum atomic E-state index is 15.8. The van der Waals surface area contributed by atoms with Gasteiger partial charge >= 0.3 is 6.18 Å². The monoisotopic (exact) mass is 847 g/mol. The van der Waals surface area contributed by atoms with Crippen LogP contribution in [0.3, 0.4) is 0 Å². The van der Waals surface area contributed by atoms with Crippen LogP contribution in [0.5, 0.6) is 11.5 Å². The summed E-state index contributed by atoms with van der Waals surface area (Å²) < 4.78 is 91.1. The van der Waals surface area contributed by atoms with Crippen molar-refractivity contribution in [3.05, 3.63) is 93.8 Å². The molecule has 10 nitrogen and oxygen atoms in total. The van der Waals surface area contributed by atoms with Gasteiger partial charge in [0.05, 0.1) is 51.2 Å². The molecule has 0 heterocycles. The highest BCUT2D eigenvalue weighted by atomic mass is 19.4. The average Bonchev–Trinajstić information content (AvgIpc) is 3.21. The minimum atomic E-state index is -5.03. The number of nitroso groups, excluding NO2 is 1. The minimum absolute atomic E-state index is 0.00874. The van der Waals surface area contributed by atoms with Crippen molar-refractivity contribution in [2.75, 3.05) is 48.0 Å². The van der Waals surface area contributed by atoms with Gasteiger partial charge in [-0.15, -0.1) is 4.91 Å². The second kappa shape index (κ2) is 22.2. The molecule has 0 aromatic heterocycles. The number of benzene rings is 2. The summed E-state index contributed by atoms with van der Waals surface area (Å²) in [6, 6.07) is 11.0. The number of alkyl halides is 5. The normalized spacial score (nSPS) is 19.2. The Hall–Kier alpha value is -4.79. The van der Waals surface area contributed by atoms with E-state index in [4.69, 9.17) is 14.2 Å². The average molecular weight is 848 g/mol. The van der Waals surface area contributed by atoms with Crippen LogP contribution in [0.15, 0.2) is 92.9 Å². The standard InChI is InChI=1S/C45H62F5N5O5/c1-10-15-39(51-30-54(6)11-2)32(3)26-36(29-58-8)44(53-57,42(5,46)47)35-20-18-34(19-21-35)22-24-55(7)31-52-40-28-41(59-9)38(27-33(40)4)43(56,45(48,49)50)23-25-60-37-16-13-12-14-17-37/h12-17,26-31,34-35,56H,10-11,18-25H2,1-9H3/b32-26-,36-29-,39-15?,51-30?,52-31?. The molecular formula is C45H62F5N5O5. The molecule has 1 fully saturated rings. The summed E-state index contributed by atoms with van der Waals surface area (Å²) >= 11 is 0. The molecule has 0 amide bonds. The summed E-state index contributed by atoms with van der Waals surface area (Å²) in [6.45, 7) is 8.92. The lowest BCUT2D eigenvalue weighted by Crippen LogP contribution is -2.52. The number of aliphatic imine (C=N–C) groups is 2. The van der Waals surface area contributed by atoms with E-state index in [2.05, 4.69) is 15.2 Å². The zero-order valence-corrected chi connectivity index (χ0v) is 36.4. The van der Waals surface area contributed by atoms with E-state index in [1.54, 1.807) is 56.9 Å². The van der Waals surface area contributed by atoms with Crippen molar-refractivity contribution in [2.45, 2.75) is 103 Å². The third-order valence-corrected chi connectivity index (χ3v) is 11.2. The number of halogens is 5. The van der Waals surface area contributed by atoms with Crippen LogP contribution in [0.2, 0.25) is 0 Å². The van der Waals surface area contributed by atoms with Gasteiger partial charge < -0.3 is 29.1 Å². The number of hydrogen-bond donors (Lipinski definition) is 1. The lowest BCUT2D eigenvalue weighted by atomic mass is 9.66. The SMILES string of the molecule is CCC=C(N=CN(C)CC)/C(C)=C\C(=C\OC)C(N=O)(C1CCC(CCN(C)C=Nc2cc(OC)c(C(O)(CCOc3ccccc3)C(F)(F)F)cc2C)CC1)C(C)(F)F. The number of aliphatic hydroxyl groups is 1. The Kier molecular flexibility index (Phi) is 18.3. The lowest BCUT2D eigenvalue weighted by molar-refractivity contribution is -0.271. The van der Waals surface area contributed by atoms with Crippen LogP contribution in [-0.2, 0) is 10.3 Å². The summed E-state index contributed by atoms with van der Waals surface area (Å²) in [5.74, 6) is -3.88. The molecule has 1 aliphatic carbocycles. The smallest absolute Gasteiger partial charge is 0.421 e. The Morgan fingerprint density at radius 3 is 2.20 bits per heavy atom. The summed E-state index contributed by atoms with van der Waals surface area (Å²) in [6.07, 6.45) is 5.30. The van der Waals surface area contributed by atoms with E-state index in [9.17, 15) is 23.2 Å². The Labute approximate surface area is 351 Å². The van der Waals surface area contributed by atoms with Crippen molar-refractivity contribution >= 4 is 18.4 Å². The van der Waals surface area contributed by atoms with E-state index < -0.39 is 47.7 Å². The van der Waals surface area contributed by atoms with Gasteiger partial charge in [0, 0.05) is 57.7 Å². The molecule has 0 saturated heterocycles. The highest BCUT2D eigenvalue weighted by molar-refractivity contribution is 5.65. The van der Waals surface area contributed by atoms with Crippen molar-refractivity contribution in [1.29, 1.82) is 0 Å². The summed E-state index contributed by atoms with van der Waals surface area (Å²) in [5, 5.41) is 14.3. The molecule has 3 rings (SSSR count). The molecule has 60 heavy (non-hydrogen) atoms. The van der Waals surface area contributed by atoms with Gasteiger partial charge in [0.15, 0.2) is 11.1 Å². The zero-order chi connectivity index (χ0) is 44.7. The van der Waals surface area contributed by atoms with Crippen LogP contribution in [-0.4, -0.2) is 93.2 Å². The molecule has 2 atom stereocenters. The number of ether oxygens (including phenoxy) is 3. The fourth-order valence-corrected chi connectivity index (χ4v) is 7.52. The number of rotatable bonds is 22. The second-order valence-corrected chi connectivity index (χ2v) is 15.5. The largest absolute Gasteiger partial charge is 0.504 e. The van der Waals surface area contributed by atoms with Gasteiger partial charge in [-0.25, -0.2) is 18.8 Å². The molecule has 2 unspecified atom stereocenters. The first-order chi connectivity index (χ1) is 28.3. The van der Waals surface area contributed by atoms with Crippen molar-refractivity contribution in [3.8, 4) is 11.5 Å². The van der Waals surface area contributed by atoms with Crippen molar-refractivity contribution in [2.24, 2.45) is 27.0 Å². The number of nitrogens with zero attached hydrogens (tertiary/aromatic N) is 5. The maximum Gasteiger partial charge on any atom is 0.421 e. The van der Waals surface area contributed by atoms with Gasteiger partial charge in [0.1, 0.15) is 11.5 Å². The molecule has 1 aliphatic rings. The fraction of sp³-hybridized carbons (Fsp3) is 0.556. The molecule has 0 aliphatic heterocycles. The van der Waals surface area contributed by atoms with Gasteiger partial charge in [-0.3, -0.25) is 0 Å². The third-order valence-electron chi connectivity index (χ3n) is 11.2. The molecule has 2 aromatic rings. The maximum absolute atomic E-state index is 15.8. The van der Waals surface area contributed by atoms with Gasteiger partial charge in [-0.2, -0.15) is 13.2 Å². The first-order valence-electron chi connectivity index (χ1n) is 20.3. The molecular weight excluding hydrogens is 786 g/mol. The molecule has 0 radical (unpaired) electrons. The van der Waals surface area contributed by atoms with Crippen LogP contribution < -0.4 is 9.47 Å². The van der Waals surface area contributed by atoms with Crippen LogP contribution in [0.1, 0.15) is 83.8 Å². The van der Waals surface area contributed by atoms with E-state index in [1.165, 1.54) is 38.7 Å². The number of para-hydroxylation sites is 1. The molecule has 1 saturated carbocycles. The number of aryl methyl sites for hydroxylation is 1. The molecule has 332 valence electrons. The summed E-state index contributed by atoms with van der Waals surface area (Å²) in [4.78, 5) is 25.6. The Morgan fingerprint density at radius 2 is 1.65 bits per heavy atom. The van der Waals surface area contributed by atoms with Crippen LogP contribution in [0.25, 0.3) is 0 Å².